The predicted molar refractivity (Wildman–Crippen MR) is 161 cm³/mol. The molecule has 9 nitrogen and oxygen atoms in total. The highest BCUT2D eigenvalue weighted by Gasteiger charge is 2.49. The average Bonchev–Trinajstić information content (AvgIpc) is 3.30. The lowest BCUT2D eigenvalue weighted by Gasteiger charge is -2.41. The maximum atomic E-state index is 14.5. The van der Waals surface area contributed by atoms with Crippen molar-refractivity contribution in [3.8, 4) is 0 Å². The molecule has 2 aliphatic heterocycles. The topological polar surface area (TPSA) is 122 Å². The van der Waals surface area contributed by atoms with Gasteiger partial charge >= 0.3 is 0 Å². The van der Waals surface area contributed by atoms with Crippen molar-refractivity contribution in [1.29, 1.82) is 0 Å². The van der Waals surface area contributed by atoms with Gasteiger partial charge in [-0.05, 0) is 68.1 Å². The number of halogens is 1. The van der Waals surface area contributed by atoms with Crippen molar-refractivity contribution in [1.82, 2.24) is 10.2 Å². The van der Waals surface area contributed by atoms with Crippen LogP contribution in [0.25, 0.3) is 0 Å². The summed E-state index contributed by atoms with van der Waals surface area (Å²) in [6.07, 6.45) is 0.841. The first-order valence-electron chi connectivity index (χ1n) is 14.3. The van der Waals surface area contributed by atoms with Crippen molar-refractivity contribution < 1.29 is 27.1 Å². The van der Waals surface area contributed by atoms with Crippen LogP contribution in [0.5, 0.6) is 0 Å². The fraction of sp³-hybridized carbons (Fsp3) is 0.375. The Balaban J connectivity index is 1.33. The van der Waals surface area contributed by atoms with E-state index in [1.165, 1.54) is 22.5 Å². The van der Waals surface area contributed by atoms with E-state index in [4.69, 9.17) is 10.5 Å². The van der Waals surface area contributed by atoms with E-state index < -0.39 is 38.7 Å². The maximum Gasteiger partial charge on any atom is 0.264 e. The summed E-state index contributed by atoms with van der Waals surface area (Å²) < 4.78 is 49.0. The van der Waals surface area contributed by atoms with Crippen molar-refractivity contribution in [3.05, 3.63) is 95.8 Å². The first-order valence-corrected chi connectivity index (χ1v) is 15.7. The molecule has 5 rings (SSSR count). The van der Waals surface area contributed by atoms with E-state index >= 15 is 0 Å². The van der Waals surface area contributed by atoms with Gasteiger partial charge < -0.3 is 20.7 Å². The van der Waals surface area contributed by atoms with Gasteiger partial charge in [-0.25, -0.2) is 12.8 Å². The molecule has 1 atom stereocenters. The van der Waals surface area contributed by atoms with E-state index in [1.54, 1.807) is 49.1 Å². The Labute approximate surface area is 251 Å². The molecular weight excluding hydrogens is 571 g/mol. The highest BCUT2D eigenvalue weighted by molar-refractivity contribution is 7.92. The zero-order valence-corrected chi connectivity index (χ0v) is 25.1. The molecule has 0 bridgehead atoms. The largest absolute Gasteiger partial charge is 0.374 e. The van der Waals surface area contributed by atoms with E-state index in [9.17, 15) is 22.4 Å². The Morgan fingerprint density at radius 2 is 1.65 bits per heavy atom. The number of sulfonamides is 1. The molecule has 2 aliphatic rings. The quantitative estimate of drug-likeness (QED) is 0.385. The number of carbonyl (C=O) groups is 2. The number of nitrogens with two attached hydrogens (primary N) is 1. The molecule has 3 aromatic rings. The minimum Gasteiger partial charge on any atom is -0.374 e. The zero-order chi connectivity index (χ0) is 30.8. The van der Waals surface area contributed by atoms with Crippen molar-refractivity contribution in [3.63, 3.8) is 0 Å². The summed E-state index contributed by atoms with van der Waals surface area (Å²) in [4.78, 5) is 28.3. The molecule has 2 amide bonds. The first-order chi connectivity index (χ1) is 20.4. The molecule has 43 heavy (non-hydrogen) atoms. The van der Waals surface area contributed by atoms with Crippen molar-refractivity contribution >= 4 is 27.5 Å². The van der Waals surface area contributed by atoms with Crippen LogP contribution in [0.4, 0.5) is 10.1 Å². The Kier molecular flexibility index (Phi) is 8.60. The SMILES string of the molecule is CC(C)(N)C(=O)N[C@H](COCc1ccccc1)C(=O)N1CCC2(CC1)CN(S(=O)(=O)c1ccccc1)c1ccc(F)cc12. The summed E-state index contributed by atoms with van der Waals surface area (Å²) in [7, 11) is -3.89. The van der Waals surface area contributed by atoms with Gasteiger partial charge in [0, 0.05) is 25.0 Å². The van der Waals surface area contributed by atoms with Gasteiger partial charge in [0.2, 0.25) is 11.8 Å². The third kappa shape index (κ3) is 6.43. The van der Waals surface area contributed by atoms with Crippen molar-refractivity contribution in [2.45, 2.75) is 55.2 Å². The molecule has 2 heterocycles. The van der Waals surface area contributed by atoms with Crippen LogP contribution >= 0.6 is 0 Å². The van der Waals surface area contributed by atoms with Crippen LogP contribution in [0.3, 0.4) is 0 Å². The Bertz CT molecular complexity index is 1570. The third-order valence-corrected chi connectivity index (χ3v) is 9.97. The molecule has 228 valence electrons. The molecule has 3 aromatic carbocycles. The van der Waals surface area contributed by atoms with Gasteiger partial charge in [0.15, 0.2) is 0 Å². The van der Waals surface area contributed by atoms with E-state index in [-0.39, 0.29) is 30.6 Å². The van der Waals surface area contributed by atoms with Gasteiger partial charge in [0.25, 0.3) is 10.0 Å². The van der Waals surface area contributed by atoms with Crippen LogP contribution in [0.1, 0.15) is 37.8 Å². The lowest BCUT2D eigenvalue weighted by atomic mass is 9.74. The molecule has 0 saturated carbocycles. The van der Waals surface area contributed by atoms with E-state index in [1.807, 2.05) is 30.3 Å². The van der Waals surface area contributed by atoms with Crippen molar-refractivity contribution in [2.24, 2.45) is 5.73 Å². The van der Waals surface area contributed by atoms with Crippen LogP contribution < -0.4 is 15.4 Å². The minimum absolute atomic E-state index is 0.0473. The number of ether oxygens (including phenoxy) is 1. The lowest BCUT2D eigenvalue weighted by Crippen LogP contribution is -2.59. The number of rotatable bonds is 9. The highest BCUT2D eigenvalue weighted by Crippen LogP contribution is 2.49. The molecule has 0 radical (unpaired) electrons. The lowest BCUT2D eigenvalue weighted by molar-refractivity contribution is -0.140. The number of nitrogens with zero attached hydrogens (tertiary/aromatic N) is 2. The van der Waals surface area contributed by atoms with Gasteiger partial charge in [-0.2, -0.15) is 0 Å². The number of anilines is 1. The fourth-order valence-electron chi connectivity index (χ4n) is 5.72. The van der Waals surface area contributed by atoms with Crippen LogP contribution in [0, 0.1) is 5.82 Å². The monoisotopic (exact) mass is 608 g/mol. The summed E-state index contributed by atoms with van der Waals surface area (Å²) in [5.41, 5.74) is 6.13. The molecule has 1 saturated heterocycles. The third-order valence-electron chi connectivity index (χ3n) is 8.19. The maximum absolute atomic E-state index is 14.5. The second-order valence-electron chi connectivity index (χ2n) is 11.8. The van der Waals surface area contributed by atoms with Crippen LogP contribution in [0.2, 0.25) is 0 Å². The second kappa shape index (κ2) is 12.1. The summed E-state index contributed by atoms with van der Waals surface area (Å²) in [5, 5.41) is 2.75. The average molecular weight is 609 g/mol. The smallest absolute Gasteiger partial charge is 0.264 e. The Morgan fingerprint density at radius 3 is 2.28 bits per heavy atom. The van der Waals surface area contributed by atoms with Gasteiger partial charge in [-0.15, -0.1) is 0 Å². The van der Waals surface area contributed by atoms with Crippen LogP contribution in [-0.2, 0) is 36.4 Å². The summed E-state index contributed by atoms with van der Waals surface area (Å²) in [6.45, 7) is 4.08. The zero-order valence-electron chi connectivity index (χ0n) is 24.3. The molecule has 0 unspecified atom stereocenters. The highest BCUT2D eigenvalue weighted by atomic mass is 32.2. The van der Waals surface area contributed by atoms with Crippen molar-refractivity contribution in [2.75, 3.05) is 30.5 Å². The number of fused-ring (bicyclic) bond motifs is 2. The van der Waals surface area contributed by atoms with E-state index in [0.29, 0.717) is 37.2 Å². The Morgan fingerprint density at radius 1 is 1.02 bits per heavy atom. The number of amides is 2. The van der Waals surface area contributed by atoms with Crippen LogP contribution in [0.15, 0.2) is 83.8 Å². The molecular formula is C32H37FN4O5S. The normalized spacial score (nSPS) is 17.0. The Hall–Kier alpha value is -3.80. The standard InChI is InChI=1S/C32H37FN4O5S/c1-31(2,34)30(39)35-27(21-42-20-23-9-5-3-6-10-23)29(38)36-17-15-32(16-18-36)22-37(28-14-13-24(33)19-26(28)32)43(40,41)25-11-7-4-8-12-25/h3-14,19,27H,15-18,20-22,34H2,1-2H3,(H,35,39)/t27-/m1/s1. The number of likely N-dealkylation sites (tertiary alicyclic amines) is 1. The molecule has 0 aromatic heterocycles. The van der Waals surface area contributed by atoms with Gasteiger partial charge in [0.05, 0.1) is 29.3 Å². The summed E-state index contributed by atoms with van der Waals surface area (Å²) in [5.74, 6) is -1.24. The van der Waals surface area contributed by atoms with E-state index in [0.717, 1.165) is 5.56 Å². The number of benzene rings is 3. The molecule has 0 aliphatic carbocycles. The number of piperidine rings is 1. The molecule has 1 spiro atoms. The molecule has 3 N–H and O–H groups in total. The van der Waals surface area contributed by atoms with Gasteiger partial charge in [-0.3, -0.25) is 13.9 Å². The van der Waals surface area contributed by atoms with E-state index in [2.05, 4.69) is 5.32 Å². The second-order valence-corrected chi connectivity index (χ2v) is 13.7. The first kappa shape index (κ1) is 30.7. The number of hydrogen-bond acceptors (Lipinski definition) is 6. The summed E-state index contributed by atoms with van der Waals surface area (Å²) >= 11 is 0. The van der Waals surface area contributed by atoms with Crippen LogP contribution in [-0.4, -0.2) is 63.0 Å². The number of carbonyl (C=O) groups excluding carboxylic acids is 2. The number of hydrogen-bond donors (Lipinski definition) is 2. The van der Waals surface area contributed by atoms with Gasteiger partial charge in [-0.1, -0.05) is 48.5 Å². The molecule has 1 fully saturated rings. The van der Waals surface area contributed by atoms with Gasteiger partial charge in [0.1, 0.15) is 11.9 Å². The minimum atomic E-state index is -3.89. The summed E-state index contributed by atoms with van der Waals surface area (Å²) in [6, 6.07) is 20.9. The predicted octanol–water partition coefficient (Wildman–Crippen LogP) is 3.33. The number of nitrogens with one attached hydrogen (secondary N) is 1. The fourth-order valence-corrected chi connectivity index (χ4v) is 7.31. The molecule has 11 heteroatoms.